The van der Waals surface area contributed by atoms with E-state index in [0.717, 1.165) is 17.7 Å². The second-order valence-electron chi connectivity index (χ2n) is 4.91. The van der Waals surface area contributed by atoms with Gasteiger partial charge < -0.3 is 14.8 Å². The molecule has 0 aromatic heterocycles. The molecule has 0 unspecified atom stereocenters. The lowest BCUT2D eigenvalue weighted by Crippen LogP contribution is -2.30. The number of hydrogen-bond acceptors (Lipinski definition) is 3. The van der Waals surface area contributed by atoms with Crippen LogP contribution in [0.15, 0.2) is 48.5 Å². The smallest absolute Gasteiger partial charge is 0.265 e. The highest BCUT2D eigenvalue weighted by molar-refractivity contribution is 5.94. The molecular formula is C18H21NO3. The molecule has 22 heavy (non-hydrogen) atoms. The van der Waals surface area contributed by atoms with Crippen LogP contribution in [0.3, 0.4) is 0 Å². The summed E-state index contributed by atoms with van der Waals surface area (Å²) in [6.45, 7) is 3.77. The average molecular weight is 299 g/mol. The van der Waals surface area contributed by atoms with Gasteiger partial charge in [0.1, 0.15) is 0 Å². The van der Waals surface area contributed by atoms with Gasteiger partial charge in [0, 0.05) is 5.69 Å². The van der Waals surface area contributed by atoms with Gasteiger partial charge in [0.15, 0.2) is 17.6 Å². The van der Waals surface area contributed by atoms with Crippen molar-refractivity contribution in [3.63, 3.8) is 0 Å². The van der Waals surface area contributed by atoms with E-state index in [1.165, 1.54) is 0 Å². The maximum absolute atomic E-state index is 12.3. The molecule has 4 nitrogen and oxygen atoms in total. The summed E-state index contributed by atoms with van der Waals surface area (Å²) in [6.07, 6.45) is 0.235. The predicted octanol–water partition coefficient (Wildman–Crippen LogP) is 3.66. The van der Waals surface area contributed by atoms with Crippen LogP contribution in [0.1, 0.15) is 19.4 Å². The number of rotatable bonds is 6. The molecule has 0 aliphatic carbocycles. The van der Waals surface area contributed by atoms with Crippen molar-refractivity contribution in [2.45, 2.75) is 26.4 Å². The molecule has 1 N–H and O–H groups in total. The molecule has 0 saturated carbocycles. The first-order valence-corrected chi connectivity index (χ1v) is 7.34. The molecule has 116 valence electrons. The van der Waals surface area contributed by atoms with Crippen LogP contribution in [0.4, 0.5) is 5.69 Å². The molecule has 1 atom stereocenters. The minimum Gasteiger partial charge on any atom is -0.493 e. The summed E-state index contributed by atoms with van der Waals surface area (Å²) in [5.74, 6) is 0.972. The van der Waals surface area contributed by atoms with Gasteiger partial charge in [0.2, 0.25) is 0 Å². The lowest BCUT2D eigenvalue weighted by Gasteiger charge is -2.17. The molecule has 0 fully saturated rings. The molecule has 4 heteroatoms. The molecule has 2 aromatic rings. The number of anilines is 1. The number of amides is 1. The molecule has 0 heterocycles. The summed E-state index contributed by atoms with van der Waals surface area (Å²) in [6, 6.07) is 15.0. The fraction of sp³-hybridized carbons (Fsp3) is 0.278. The third-order valence-electron chi connectivity index (χ3n) is 3.40. The Morgan fingerprint density at radius 3 is 2.41 bits per heavy atom. The van der Waals surface area contributed by atoms with Crippen molar-refractivity contribution in [2.75, 3.05) is 12.4 Å². The van der Waals surface area contributed by atoms with Crippen molar-refractivity contribution >= 4 is 11.6 Å². The monoisotopic (exact) mass is 299 g/mol. The van der Waals surface area contributed by atoms with E-state index in [4.69, 9.17) is 9.47 Å². The lowest BCUT2D eigenvalue weighted by atomic mass is 10.1. The molecule has 0 spiro atoms. The Hall–Kier alpha value is -2.49. The zero-order valence-corrected chi connectivity index (χ0v) is 13.1. The van der Waals surface area contributed by atoms with Crippen molar-refractivity contribution in [3.8, 4) is 11.5 Å². The largest absolute Gasteiger partial charge is 0.493 e. The number of carbonyl (C=O) groups is 1. The van der Waals surface area contributed by atoms with Gasteiger partial charge in [-0.2, -0.15) is 0 Å². The highest BCUT2D eigenvalue weighted by Gasteiger charge is 2.17. The normalized spacial score (nSPS) is 11.6. The first kappa shape index (κ1) is 15.9. The third kappa shape index (κ3) is 3.79. The van der Waals surface area contributed by atoms with Crippen LogP contribution >= 0.6 is 0 Å². The van der Waals surface area contributed by atoms with E-state index in [1.54, 1.807) is 26.2 Å². The highest BCUT2D eigenvalue weighted by Crippen LogP contribution is 2.27. The Bertz CT molecular complexity index is 640. The summed E-state index contributed by atoms with van der Waals surface area (Å²) >= 11 is 0. The van der Waals surface area contributed by atoms with Gasteiger partial charge in [-0.15, -0.1) is 0 Å². The number of hydrogen-bond donors (Lipinski definition) is 1. The molecule has 2 rings (SSSR count). The molecule has 0 radical (unpaired) electrons. The van der Waals surface area contributed by atoms with E-state index in [0.29, 0.717) is 11.5 Å². The predicted molar refractivity (Wildman–Crippen MR) is 87.5 cm³/mol. The van der Waals surface area contributed by atoms with Gasteiger partial charge in [-0.1, -0.05) is 37.3 Å². The SMILES string of the molecule is CCc1ccccc1NC(=O)[C@H](C)Oc1ccccc1OC. The summed E-state index contributed by atoms with van der Waals surface area (Å²) in [5.41, 5.74) is 1.92. The highest BCUT2D eigenvalue weighted by atomic mass is 16.5. The summed E-state index contributed by atoms with van der Waals surface area (Å²) in [7, 11) is 1.57. The van der Waals surface area contributed by atoms with Crippen molar-refractivity contribution in [3.05, 3.63) is 54.1 Å². The number of aryl methyl sites for hydroxylation is 1. The van der Waals surface area contributed by atoms with Crippen LogP contribution in [-0.2, 0) is 11.2 Å². The quantitative estimate of drug-likeness (QED) is 0.885. The number of para-hydroxylation sites is 3. The van der Waals surface area contributed by atoms with E-state index >= 15 is 0 Å². The first-order chi connectivity index (χ1) is 10.7. The van der Waals surface area contributed by atoms with Crippen molar-refractivity contribution < 1.29 is 14.3 Å². The topological polar surface area (TPSA) is 47.6 Å². The van der Waals surface area contributed by atoms with E-state index in [1.807, 2.05) is 36.4 Å². The van der Waals surface area contributed by atoms with Gasteiger partial charge in [0.05, 0.1) is 7.11 Å². The number of methoxy groups -OCH3 is 1. The molecule has 1 amide bonds. The Labute approximate surface area is 131 Å². The van der Waals surface area contributed by atoms with Crippen molar-refractivity contribution in [1.29, 1.82) is 0 Å². The van der Waals surface area contributed by atoms with Crippen LogP contribution < -0.4 is 14.8 Å². The Morgan fingerprint density at radius 1 is 1.09 bits per heavy atom. The summed E-state index contributed by atoms with van der Waals surface area (Å²) in [5, 5.41) is 2.91. The number of ether oxygens (including phenoxy) is 2. The lowest BCUT2D eigenvalue weighted by molar-refractivity contribution is -0.122. The fourth-order valence-corrected chi connectivity index (χ4v) is 2.15. The molecular weight excluding hydrogens is 278 g/mol. The van der Waals surface area contributed by atoms with E-state index in [9.17, 15) is 4.79 Å². The van der Waals surface area contributed by atoms with Crippen LogP contribution in [0.2, 0.25) is 0 Å². The molecule has 2 aromatic carbocycles. The third-order valence-corrected chi connectivity index (χ3v) is 3.40. The molecule has 0 bridgehead atoms. The number of carbonyl (C=O) groups excluding carboxylic acids is 1. The standard InChI is InChI=1S/C18H21NO3/c1-4-14-9-5-6-10-15(14)19-18(20)13(2)22-17-12-8-7-11-16(17)21-3/h5-13H,4H2,1-3H3,(H,19,20)/t13-/m0/s1. The van der Waals surface area contributed by atoms with Crippen LogP contribution in [0, 0.1) is 0 Å². The zero-order valence-electron chi connectivity index (χ0n) is 13.1. The first-order valence-electron chi connectivity index (χ1n) is 7.34. The minimum absolute atomic E-state index is 0.188. The second-order valence-corrected chi connectivity index (χ2v) is 4.91. The van der Waals surface area contributed by atoms with Gasteiger partial charge >= 0.3 is 0 Å². The van der Waals surface area contributed by atoms with E-state index in [-0.39, 0.29) is 5.91 Å². The minimum atomic E-state index is -0.624. The van der Waals surface area contributed by atoms with Crippen LogP contribution in [0.5, 0.6) is 11.5 Å². The van der Waals surface area contributed by atoms with E-state index < -0.39 is 6.10 Å². The van der Waals surface area contributed by atoms with Gasteiger partial charge in [-0.25, -0.2) is 0 Å². The zero-order chi connectivity index (χ0) is 15.9. The molecule has 0 saturated heterocycles. The molecule has 0 aliphatic rings. The second kappa shape index (κ2) is 7.50. The Morgan fingerprint density at radius 2 is 1.73 bits per heavy atom. The Kier molecular flexibility index (Phi) is 5.42. The Balaban J connectivity index is 2.06. The van der Waals surface area contributed by atoms with E-state index in [2.05, 4.69) is 12.2 Å². The van der Waals surface area contributed by atoms with Gasteiger partial charge in [-0.05, 0) is 37.1 Å². The van der Waals surface area contributed by atoms with Crippen LogP contribution in [-0.4, -0.2) is 19.1 Å². The number of nitrogens with one attached hydrogen (secondary N) is 1. The number of benzene rings is 2. The van der Waals surface area contributed by atoms with Crippen molar-refractivity contribution in [2.24, 2.45) is 0 Å². The maximum Gasteiger partial charge on any atom is 0.265 e. The average Bonchev–Trinajstić information content (AvgIpc) is 2.55. The summed E-state index contributed by atoms with van der Waals surface area (Å²) in [4.78, 5) is 12.3. The summed E-state index contributed by atoms with van der Waals surface area (Å²) < 4.78 is 10.9. The van der Waals surface area contributed by atoms with Crippen molar-refractivity contribution in [1.82, 2.24) is 0 Å². The van der Waals surface area contributed by atoms with Gasteiger partial charge in [0.25, 0.3) is 5.91 Å². The fourth-order valence-electron chi connectivity index (χ4n) is 2.15. The van der Waals surface area contributed by atoms with Gasteiger partial charge in [-0.3, -0.25) is 4.79 Å². The maximum atomic E-state index is 12.3. The molecule has 0 aliphatic heterocycles. The van der Waals surface area contributed by atoms with Crippen LogP contribution in [0.25, 0.3) is 0 Å².